The summed E-state index contributed by atoms with van der Waals surface area (Å²) in [6.07, 6.45) is 2.72. The number of likely N-dealkylation sites (tertiary alicyclic amines) is 1. The van der Waals surface area contributed by atoms with Crippen molar-refractivity contribution in [2.24, 2.45) is 11.8 Å². The first kappa shape index (κ1) is 39.6. The zero-order valence-corrected chi connectivity index (χ0v) is 32.4. The summed E-state index contributed by atoms with van der Waals surface area (Å²) in [5.41, 5.74) is 3.31. The number of carbonyl (C=O) groups excluding carboxylic acids is 3. The molecule has 1 heterocycles. The van der Waals surface area contributed by atoms with Crippen LogP contribution in [-0.4, -0.2) is 85.9 Å². The summed E-state index contributed by atoms with van der Waals surface area (Å²) in [6.45, 7) is 11.1. The van der Waals surface area contributed by atoms with Gasteiger partial charge in [0.25, 0.3) is 0 Å². The van der Waals surface area contributed by atoms with Crippen molar-refractivity contribution in [3.8, 4) is 22.6 Å². The van der Waals surface area contributed by atoms with E-state index in [1.807, 2.05) is 75.1 Å². The number of amides is 3. The largest absolute Gasteiger partial charge is 0.497 e. The van der Waals surface area contributed by atoms with Gasteiger partial charge in [0.05, 0.1) is 19.6 Å². The third kappa shape index (κ3) is 10.7. The number of benzene rings is 3. The summed E-state index contributed by atoms with van der Waals surface area (Å²) in [5.74, 6) is -0.0241. The Bertz CT molecular complexity index is 1690. The molecule has 1 saturated carbocycles. The van der Waals surface area contributed by atoms with E-state index >= 15 is 4.79 Å². The molecule has 53 heavy (non-hydrogen) atoms. The Morgan fingerprint density at radius 2 is 1.62 bits per heavy atom. The van der Waals surface area contributed by atoms with Crippen molar-refractivity contribution < 1.29 is 33.3 Å². The number of rotatable bonds is 15. The molecule has 1 saturated heterocycles. The highest BCUT2D eigenvalue weighted by molar-refractivity contribution is 5.82. The highest BCUT2D eigenvalue weighted by Crippen LogP contribution is 2.44. The number of methoxy groups -OCH3 is 2. The summed E-state index contributed by atoms with van der Waals surface area (Å²) < 4.78 is 22.8. The molecule has 1 aliphatic heterocycles. The van der Waals surface area contributed by atoms with Crippen LogP contribution < -0.4 is 14.8 Å². The molecule has 10 heteroatoms. The molecule has 3 amide bonds. The maximum Gasteiger partial charge on any atom is 0.410 e. The number of piperidine rings is 1. The third-order valence-electron chi connectivity index (χ3n) is 10.00. The van der Waals surface area contributed by atoms with Crippen LogP contribution in [0.3, 0.4) is 0 Å². The van der Waals surface area contributed by atoms with Crippen LogP contribution in [0.4, 0.5) is 4.79 Å². The van der Waals surface area contributed by atoms with E-state index < -0.39 is 17.6 Å². The van der Waals surface area contributed by atoms with Gasteiger partial charge in [-0.25, -0.2) is 4.79 Å². The first-order valence-corrected chi connectivity index (χ1v) is 18.9. The van der Waals surface area contributed by atoms with E-state index in [-0.39, 0.29) is 42.3 Å². The molecule has 10 nitrogen and oxygen atoms in total. The molecule has 0 radical (unpaired) electrons. The Kier molecular flexibility index (Phi) is 13.4. The van der Waals surface area contributed by atoms with Crippen molar-refractivity contribution in [3.05, 3.63) is 83.9 Å². The molecule has 2 aliphatic rings. The highest BCUT2D eigenvalue weighted by atomic mass is 16.6. The molecule has 0 aromatic heterocycles. The molecule has 3 aromatic rings. The average molecular weight is 728 g/mol. The quantitative estimate of drug-likeness (QED) is 0.162. The Balaban J connectivity index is 1.58. The lowest BCUT2D eigenvalue weighted by molar-refractivity contribution is -0.140. The molecular formula is C43H57N3O7. The van der Waals surface area contributed by atoms with Gasteiger partial charge in [0.1, 0.15) is 17.1 Å². The van der Waals surface area contributed by atoms with Crippen LogP contribution in [0, 0.1) is 11.8 Å². The lowest BCUT2D eigenvalue weighted by atomic mass is 9.69. The summed E-state index contributed by atoms with van der Waals surface area (Å²) in [5, 5.41) is 3.18. The Hall–Kier alpha value is -4.57. The smallest absolute Gasteiger partial charge is 0.410 e. The van der Waals surface area contributed by atoms with Gasteiger partial charge in [-0.2, -0.15) is 0 Å². The molecule has 4 atom stereocenters. The fourth-order valence-corrected chi connectivity index (χ4v) is 7.48. The Morgan fingerprint density at radius 3 is 2.26 bits per heavy atom. The summed E-state index contributed by atoms with van der Waals surface area (Å²) >= 11 is 0. The number of hydrogen-bond acceptors (Lipinski definition) is 7. The minimum Gasteiger partial charge on any atom is -0.497 e. The summed E-state index contributed by atoms with van der Waals surface area (Å²) in [4.78, 5) is 45.5. The molecule has 286 valence electrons. The van der Waals surface area contributed by atoms with E-state index in [4.69, 9.17) is 18.9 Å². The minimum atomic E-state index is -0.718. The maximum atomic E-state index is 15.3. The zero-order valence-electron chi connectivity index (χ0n) is 32.4. The second-order valence-electron chi connectivity index (χ2n) is 15.3. The Morgan fingerprint density at radius 1 is 0.906 bits per heavy atom. The van der Waals surface area contributed by atoms with Crippen molar-refractivity contribution in [2.75, 3.05) is 40.5 Å². The molecule has 2 unspecified atom stereocenters. The summed E-state index contributed by atoms with van der Waals surface area (Å²) in [7, 11) is 3.29. The molecule has 0 bridgehead atoms. The number of nitrogens with zero attached hydrogens (tertiary/aromatic N) is 2. The molecular weight excluding hydrogens is 670 g/mol. The van der Waals surface area contributed by atoms with Gasteiger partial charge in [-0.1, -0.05) is 61.5 Å². The monoisotopic (exact) mass is 727 g/mol. The van der Waals surface area contributed by atoms with E-state index in [0.717, 1.165) is 41.5 Å². The topological polar surface area (TPSA) is 107 Å². The predicted molar refractivity (Wildman–Crippen MR) is 206 cm³/mol. The fourth-order valence-electron chi connectivity index (χ4n) is 7.48. The summed E-state index contributed by atoms with van der Waals surface area (Å²) in [6, 6.07) is 24.1. The van der Waals surface area contributed by atoms with Crippen LogP contribution in [0.1, 0.15) is 77.3 Å². The molecule has 0 spiro atoms. The lowest BCUT2D eigenvalue weighted by Gasteiger charge is -2.47. The highest BCUT2D eigenvalue weighted by Gasteiger charge is 2.49. The van der Waals surface area contributed by atoms with Crippen LogP contribution in [0.5, 0.6) is 11.5 Å². The van der Waals surface area contributed by atoms with Crippen molar-refractivity contribution in [1.29, 1.82) is 0 Å². The first-order valence-electron chi connectivity index (χ1n) is 18.9. The lowest BCUT2D eigenvalue weighted by Crippen LogP contribution is -2.58. The van der Waals surface area contributed by atoms with E-state index in [2.05, 4.69) is 35.6 Å². The van der Waals surface area contributed by atoms with Gasteiger partial charge in [0, 0.05) is 76.7 Å². The van der Waals surface area contributed by atoms with Crippen LogP contribution in [-0.2, 0) is 25.6 Å². The van der Waals surface area contributed by atoms with Crippen LogP contribution in [0.25, 0.3) is 11.1 Å². The van der Waals surface area contributed by atoms with Gasteiger partial charge in [0.2, 0.25) is 11.8 Å². The van der Waals surface area contributed by atoms with Crippen molar-refractivity contribution in [1.82, 2.24) is 15.1 Å². The fraction of sp³-hybridized carbons (Fsp3) is 0.512. The average Bonchev–Trinajstić information content (AvgIpc) is 3.99. The van der Waals surface area contributed by atoms with E-state index in [1.54, 1.807) is 19.1 Å². The minimum absolute atomic E-state index is 0.0241. The Labute approximate surface area is 315 Å². The zero-order chi connectivity index (χ0) is 38.1. The van der Waals surface area contributed by atoms with Gasteiger partial charge < -0.3 is 34.1 Å². The van der Waals surface area contributed by atoms with Crippen molar-refractivity contribution in [3.63, 3.8) is 0 Å². The number of carbonyl (C=O) groups is 3. The second kappa shape index (κ2) is 18.0. The van der Waals surface area contributed by atoms with E-state index in [9.17, 15) is 9.59 Å². The SMILES string of the molecule is CCC(NC(C)=O)[C@@H]1CN(C(=O)OC(C)(C)C)CC(C(=O)N(Cc2cc(OC)cc(OCCCOC)c2)C2CC2)[C@H]1c1cccc(-c2ccccc2)c1. The number of nitrogens with one attached hydrogen (secondary N) is 1. The number of ether oxygens (including phenoxy) is 4. The normalized spacial score (nSPS) is 19.2. The first-order chi connectivity index (χ1) is 25.4. The van der Waals surface area contributed by atoms with Gasteiger partial charge in [-0.05, 0) is 74.4 Å². The molecule has 3 aromatic carbocycles. The second-order valence-corrected chi connectivity index (χ2v) is 15.3. The molecule has 1 aliphatic carbocycles. The van der Waals surface area contributed by atoms with E-state index in [0.29, 0.717) is 44.2 Å². The van der Waals surface area contributed by atoms with Gasteiger partial charge in [-0.3, -0.25) is 9.59 Å². The van der Waals surface area contributed by atoms with Crippen LogP contribution in [0.15, 0.2) is 72.8 Å². The van der Waals surface area contributed by atoms with E-state index in [1.165, 1.54) is 6.92 Å². The van der Waals surface area contributed by atoms with Crippen LogP contribution >= 0.6 is 0 Å². The van der Waals surface area contributed by atoms with Crippen molar-refractivity contribution in [2.45, 2.75) is 90.4 Å². The standard InChI is InChI=1S/C43H57N3O7/c1-8-39(44-29(2)47)37-27-45(42(49)53-43(3,4)5)28-38(40(37)33-17-12-16-32(24-33)31-14-10-9-11-15-31)41(48)46(34-18-19-34)26-30-22-35(51-7)25-36(23-30)52-21-13-20-50-6/h9-12,14-17,22-25,34,37-40H,8,13,18-21,26-28H2,1-7H3,(H,44,47)/t37-,38?,39?,40-/m0/s1. The maximum absolute atomic E-state index is 15.3. The van der Waals surface area contributed by atoms with Crippen LogP contribution in [0.2, 0.25) is 0 Å². The van der Waals surface area contributed by atoms with Gasteiger partial charge in [-0.15, -0.1) is 0 Å². The molecule has 2 fully saturated rings. The van der Waals surface area contributed by atoms with Crippen molar-refractivity contribution >= 4 is 17.9 Å². The molecule has 5 rings (SSSR count). The number of hydrogen-bond donors (Lipinski definition) is 1. The predicted octanol–water partition coefficient (Wildman–Crippen LogP) is 7.45. The molecule has 1 N–H and O–H groups in total. The van der Waals surface area contributed by atoms with Gasteiger partial charge >= 0.3 is 6.09 Å². The van der Waals surface area contributed by atoms with Gasteiger partial charge in [0.15, 0.2) is 0 Å². The third-order valence-corrected chi connectivity index (χ3v) is 10.00.